The highest BCUT2D eigenvalue weighted by atomic mass is 32.1. The molecule has 0 radical (unpaired) electrons. The zero-order chi connectivity index (χ0) is 11.5. The molecule has 0 amide bonds. The van der Waals surface area contributed by atoms with Gasteiger partial charge in [0.15, 0.2) is 4.88 Å². The van der Waals surface area contributed by atoms with Crippen molar-refractivity contribution < 1.29 is 14.6 Å². The molecule has 0 aliphatic rings. The van der Waals surface area contributed by atoms with Crippen molar-refractivity contribution in [2.45, 2.75) is 6.61 Å². The van der Waals surface area contributed by atoms with Crippen molar-refractivity contribution in [3.8, 4) is 5.75 Å². The molecular formula is C10H10N2O3S. The van der Waals surface area contributed by atoms with Crippen LogP contribution in [0.2, 0.25) is 0 Å². The summed E-state index contributed by atoms with van der Waals surface area (Å²) in [5.74, 6) is -0.558. The van der Waals surface area contributed by atoms with E-state index in [0.29, 0.717) is 12.4 Å². The Morgan fingerprint density at radius 1 is 1.69 bits per heavy atom. The molecule has 1 N–H and O–H groups in total. The van der Waals surface area contributed by atoms with Crippen LogP contribution in [-0.4, -0.2) is 20.9 Å². The third-order valence-electron chi connectivity index (χ3n) is 1.98. The largest absolute Gasteiger partial charge is 0.487 e. The number of hydrogen-bond donors (Lipinski definition) is 1. The zero-order valence-electron chi connectivity index (χ0n) is 8.58. The third kappa shape index (κ3) is 2.22. The molecule has 2 heterocycles. The average molecular weight is 238 g/mol. The number of carbonyl (C=O) groups is 1. The van der Waals surface area contributed by atoms with E-state index in [1.807, 2.05) is 13.2 Å². The van der Waals surface area contributed by atoms with Gasteiger partial charge in [-0.15, -0.1) is 11.3 Å². The Kier molecular flexibility index (Phi) is 2.91. The van der Waals surface area contributed by atoms with E-state index < -0.39 is 5.97 Å². The summed E-state index contributed by atoms with van der Waals surface area (Å²) in [5, 5.41) is 14.6. The summed E-state index contributed by atoms with van der Waals surface area (Å²) in [6.45, 7) is 0.324. The second kappa shape index (κ2) is 4.36. The monoisotopic (exact) mass is 238 g/mol. The van der Waals surface area contributed by atoms with Gasteiger partial charge in [0.25, 0.3) is 0 Å². The molecule has 0 saturated heterocycles. The summed E-state index contributed by atoms with van der Waals surface area (Å²) in [6, 6.07) is 1.66. The maximum Gasteiger partial charge on any atom is 0.349 e. The molecule has 16 heavy (non-hydrogen) atoms. The van der Waals surface area contributed by atoms with Crippen molar-refractivity contribution >= 4 is 17.3 Å². The number of ether oxygens (including phenoxy) is 1. The molecule has 0 aliphatic carbocycles. The molecule has 0 bridgehead atoms. The summed E-state index contributed by atoms with van der Waals surface area (Å²) >= 11 is 1.15. The number of rotatable bonds is 4. The maximum atomic E-state index is 10.8. The Bertz CT molecular complexity index is 504. The van der Waals surface area contributed by atoms with Crippen LogP contribution in [-0.2, 0) is 13.7 Å². The second-order valence-electron chi connectivity index (χ2n) is 3.23. The van der Waals surface area contributed by atoms with Crippen LogP contribution in [0.25, 0.3) is 0 Å². The van der Waals surface area contributed by atoms with Gasteiger partial charge in [0.1, 0.15) is 12.4 Å². The fourth-order valence-corrected chi connectivity index (χ4v) is 1.95. The van der Waals surface area contributed by atoms with Gasteiger partial charge in [0.2, 0.25) is 0 Å². The highest BCUT2D eigenvalue weighted by Gasteiger charge is 2.12. The summed E-state index contributed by atoms with van der Waals surface area (Å²) in [5.41, 5.74) is 0.907. The molecule has 0 saturated carbocycles. The molecule has 2 aromatic rings. The van der Waals surface area contributed by atoms with Crippen molar-refractivity contribution in [3.05, 3.63) is 34.3 Å². The van der Waals surface area contributed by atoms with Crippen LogP contribution < -0.4 is 4.74 Å². The summed E-state index contributed by atoms with van der Waals surface area (Å²) < 4.78 is 7.09. The van der Waals surface area contributed by atoms with Gasteiger partial charge < -0.3 is 9.84 Å². The first-order chi connectivity index (χ1) is 7.66. The highest BCUT2D eigenvalue weighted by molar-refractivity contribution is 7.12. The topological polar surface area (TPSA) is 64.3 Å². The number of aromatic carboxylic acids is 1. The molecule has 2 rings (SSSR count). The normalized spacial score (nSPS) is 10.3. The van der Waals surface area contributed by atoms with E-state index in [9.17, 15) is 4.79 Å². The standard InChI is InChI=1S/C10H10N2O3S/c1-12-5-7(4-11-12)6-15-8-2-3-16-9(8)10(13)14/h2-5H,6H2,1H3,(H,13,14). The van der Waals surface area contributed by atoms with E-state index in [-0.39, 0.29) is 4.88 Å². The molecule has 0 fully saturated rings. The molecule has 0 aromatic carbocycles. The molecule has 0 atom stereocenters. The van der Waals surface area contributed by atoms with Crippen LogP contribution in [0.4, 0.5) is 0 Å². The van der Waals surface area contributed by atoms with Gasteiger partial charge in [-0.05, 0) is 11.4 Å². The van der Waals surface area contributed by atoms with Gasteiger partial charge in [-0.25, -0.2) is 4.79 Å². The number of carboxylic acids is 1. The summed E-state index contributed by atoms with van der Waals surface area (Å²) in [4.78, 5) is 11.0. The second-order valence-corrected chi connectivity index (χ2v) is 4.15. The Morgan fingerprint density at radius 3 is 3.12 bits per heavy atom. The average Bonchev–Trinajstić information content (AvgIpc) is 2.83. The minimum absolute atomic E-state index is 0.226. The van der Waals surface area contributed by atoms with Crippen LogP contribution in [0, 0.1) is 0 Å². The first-order valence-electron chi connectivity index (χ1n) is 4.58. The Hall–Kier alpha value is -1.82. The number of thiophene rings is 1. The van der Waals surface area contributed by atoms with Gasteiger partial charge in [-0.2, -0.15) is 5.10 Å². The number of carboxylic acid groups (broad SMARTS) is 1. The van der Waals surface area contributed by atoms with Crippen molar-refractivity contribution in [3.63, 3.8) is 0 Å². The molecular weight excluding hydrogens is 228 g/mol. The molecule has 0 aliphatic heterocycles. The van der Waals surface area contributed by atoms with Gasteiger partial charge in [0, 0.05) is 18.8 Å². The van der Waals surface area contributed by atoms with Crippen LogP contribution in [0.1, 0.15) is 15.2 Å². The zero-order valence-corrected chi connectivity index (χ0v) is 9.40. The van der Waals surface area contributed by atoms with E-state index in [2.05, 4.69) is 5.10 Å². The van der Waals surface area contributed by atoms with Crippen molar-refractivity contribution in [2.75, 3.05) is 0 Å². The smallest absolute Gasteiger partial charge is 0.349 e. The fourth-order valence-electron chi connectivity index (χ4n) is 1.27. The predicted octanol–water partition coefficient (Wildman–Crippen LogP) is 1.76. The number of aryl methyl sites for hydroxylation is 1. The molecule has 0 unspecified atom stereocenters. The Morgan fingerprint density at radius 2 is 2.50 bits per heavy atom. The van der Waals surface area contributed by atoms with Crippen LogP contribution in [0.15, 0.2) is 23.8 Å². The van der Waals surface area contributed by atoms with Gasteiger partial charge >= 0.3 is 5.97 Å². The number of hydrogen-bond acceptors (Lipinski definition) is 4. The fraction of sp³-hybridized carbons (Fsp3) is 0.200. The number of aromatic nitrogens is 2. The minimum Gasteiger partial charge on any atom is -0.487 e. The molecule has 6 heteroatoms. The lowest BCUT2D eigenvalue weighted by atomic mass is 10.4. The third-order valence-corrected chi connectivity index (χ3v) is 2.86. The van der Waals surface area contributed by atoms with Crippen LogP contribution in [0.5, 0.6) is 5.75 Å². The maximum absolute atomic E-state index is 10.8. The van der Waals surface area contributed by atoms with E-state index in [1.54, 1.807) is 22.3 Å². The van der Waals surface area contributed by atoms with E-state index in [1.165, 1.54) is 0 Å². The van der Waals surface area contributed by atoms with Gasteiger partial charge in [-0.1, -0.05) is 0 Å². The summed E-state index contributed by atoms with van der Waals surface area (Å²) in [7, 11) is 1.82. The molecule has 84 valence electrons. The lowest BCUT2D eigenvalue weighted by Crippen LogP contribution is -1.99. The van der Waals surface area contributed by atoms with Crippen molar-refractivity contribution in [1.82, 2.24) is 9.78 Å². The minimum atomic E-state index is -0.962. The molecule has 0 spiro atoms. The summed E-state index contributed by atoms with van der Waals surface area (Å²) in [6.07, 6.45) is 3.51. The van der Waals surface area contributed by atoms with Gasteiger partial charge in [0.05, 0.1) is 6.20 Å². The number of nitrogens with zero attached hydrogens (tertiary/aromatic N) is 2. The lowest BCUT2D eigenvalue weighted by Gasteiger charge is -2.02. The van der Waals surface area contributed by atoms with Crippen molar-refractivity contribution in [1.29, 1.82) is 0 Å². The Labute approximate surface area is 95.9 Å². The van der Waals surface area contributed by atoms with Crippen LogP contribution in [0.3, 0.4) is 0 Å². The van der Waals surface area contributed by atoms with E-state index in [4.69, 9.17) is 9.84 Å². The van der Waals surface area contributed by atoms with E-state index in [0.717, 1.165) is 16.9 Å². The SMILES string of the molecule is Cn1cc(COc2ccsc2C(=O)O)cn1. The highest BCUT2D eigenvalue weighted by Crippen LogP contribution is 2.25. The van der Waals surface area contributed by atoms with Gasteiger partial charge in [-0.3, -0.25) is 4.68 Å². The quantitative estimate of drug-likeness (QED) is 0.881. The lowest BCUT2D eigenvalue weighted by molar-refractivity contribution is 0.0697. The first-order valence-corrected chi connectivity index (χ1v) is 5.46. The predicted molar refractivity (Wildman–Crippen MR) is 58.8 cm³/mol. The van der Waals surface area contributed by atoms with E-state index >= 15 is 0 Å². The molecule has 2 aromatic heterocycles. The molecule has 5 nitrogen and oxygen atoms in total. The Balaban J connectivity index is 2.04. The van der Waals surface area contributed by atoms with Crippen LogP contribution >= 0.6 is 11.3 Å². The first kappa shape index (κ1) is 10.7. The van der Waals surface area contributed by atoms with Crippen molar-refractivity contribution in [2.24, 2.45) is 7.05 Å².